The second-order valence-electron chi connectivity index (χ2n) is 4.89. The molecular weight excluding hydrogens is 228 g/mol. The van der Waals surface area contributed by atoms with Gasteiger partial charge in [0, 0.05) is 20.3 Å². The third kappa shape index (κ3) is 3.43. The summed E-state index contributed by atoms with van der Waals surface area (Å²) in [4.78, 5) is 18.2. The molecule has 0 aliphatic heterocycles. The molecule has 1 rings (SSSR count). The first-order chi connectivity index (χ1) is 8.38. The van der Waals surface area contributed by atoms with Gasteiger partial charge in [0.05, 0.1) is 11.2 Å². The van der Waals surface area contributed by atoms with E-state index in [1.807, 2.05) is 32.0 Å². The minimum Gasteiger partial charge on any atom is -0.361 e. The minimum atomic E-state index is -0.853. The number of carbonyl (C=O) groups is 1. The molecule has 18 heavy (non-hydrogen) atoms. The number of rotatable bonds is 5. The predicted octanol–water partition coefficient (Wildman–Crippen LogP) is 1.60. The lowest BCUT2D eigenvalue weighted by molar-refractivity contribution is -0.120. The molecule has 0 saturated heterocycles. The molecule has 1 aromatic rings. The van der Waals surface area contributed by atoms with Crippen LogP contribution < -0.4 is 16.0 Å². The van der Waals surface area contributed by atoms with Gasteiger partial charge >= 0.3 is 0 Å². The number of hydrogen-bond acceptors (Lipinski definition) is 4. The Balaban J connectivity index is 2.88. The Morgan fingerprint density at radius 3 is 2.78 bits per heavy atom. The summed E-state index contributed by atoms with van der Waals surface area (Å²) >= 11 is 0. The summed E-state index contributed by atoms with van der Waals surface area (Å²) in [7, 11) is 3.76. The van der Waals surface area contributed by atoms with E-state index in [0.29, 0.717) is 12.1 Å². The van der Waals surface area contributed by atoms with Crippen molar-refractivity contribution in [2.75, 3.05) is 24.3 Å². The van der Waals surface area contributed by atoms with Crippen LogP contribution >= 0.6 is 0 Å². The van der Waals surface area contributed by atoms with Crippen LogP contribution in [0, 0.1) is 0 Å². The lowest BCUT2D eigenvalue weighted by atomic mass is 9.96. The van der Waals surface area contributed by atoms with Crippen LogP contribution in [0.1, 0.15) is 26.7 Å². The summed E-state index contributed by atoms with van der Waals surface area (Å²) in [5.74, 6) is 0.540. The lowest BCUT2D eigenvalue weighted by Gasteiger charge is -2.24. The Hall–Kier alpha value is -1.62. The number of amides is 1. The topological polar surface area (TPSA) is 71.2 Å². The standard InChI is InChI=1S/C13H22N4O/c1-5-8-13(2,14)12(18)16-10-7-6-9-15-11(10)17(3)4/h6-7,9H,5,8,14H2,1-4H3,(H,16,18). The van der Waals surface area contributed by atoms with Gasteiger partial charge in [0.2, 0.25) is 5.91 Å². The molecule has 5 nitrogen and oxygen atoms in total. The number of aromatic nitrogens is 1. The first kappa shape index (κ1) is 14.4. The molecule has 3 N–H and O–H groups in total. The number of hydrogen-bond donors (Lipinski definition) is 2. The Morgan fingerprint density at radius 1 is 1.56 bits per heavy atom. The highest BCUT2D eigenvalue weighted by Crippen LogP contribution is 2.22. The molecule has 1 unspecified atom stereocenters. The Labute approximate surface area is 108 Å². The molecule has 0 radical (unpaired) electrons. The summed E-state index contributed by atoms with van der Waals surface area (Å²) in [6.45, 7) is 3.76. The van der Waals surface area contributed by atoms with E-state index in [1.54, 1.807) is 19.2 Å². The van der Waals surface area contributed by atoms with Crippen molar-refractivity contribution in [1.29, 1.82) is 0 Å². The quantitative estimate of drug-likeness (QED) is 0.832. The van der Waals surface area contributed by atoms with E-state index in [4.69, 9.17) is 5.73 Å². The normalized spacial score (nSPS) is 13.8. The maximum atomic E-state index is 12.1. The lowest BCUT2D eigenvalue weighted by Crippen LogP contribution is -2.48. The number of anilines is 2. The van der Waals surface area contributed by atoms with Crippen molar-refractivity contribution in [2.45, 2.75) is 32.2 Å². The number of nitrogens with one attached hydrogen (secondary N) is 1. The third-order valence-corrected chi connectivity index (χ3v) is 2.75. The monoisotopic (exact) mass is 250 g/mol. The molecular formula is C13H22N4O. The molecule has 100 valence electrons. The zero-order valence-electron chi connectivity index (χ0n) is 11.5. The fourth-order valence-corrected chi connectivity index (χ4v) is 1.75. The van der Waals surface area contributed by atoms with Crippen molar-refractivity contribution < 1.29 is 4.79 Å². The SMILES string of the molecule is CCCC(C)(N)C(=O)Nc1cccnc1N(C)C. The second kappa shape index (κ2) is 5.82. The van der Waals surface area contributed by atoms with Crippen molar-refractivity contribution in [2.24, 2.45) is 5.73 Å². The van der Waals surface area contributed by atoms with Gasteiger partial charge in [0.15, 0.2) is 5.82 Å². The maximum Gasteiger partial charge on any atom is 0.244 e. The average Bonchev–Trinajstić information content (AvgIpc) is 2.29. The molecule has 0 aromatic carbocycles. The van der Waals surface area contributed by atoms with Gasteiger partial charge in [-0.15, -0.1) is 0 Å². The maximum absolute atomic E-state index is 12.1. The summed E-state index contributed by atoms with van der Waals surface area (Å²) in [6.07, 6.45) is 3.21. The van der Waals surface area contributed by atoms with E-state index < -0.39 is 5.54 Å². The van der Waals surface area contributed by atoms with Crippen molar-refractivity contribution in [3.63, 3.8) is 0 Å². The van der Waals surface area contributed by atoms with Gasteiger partial charge in [-0.3, -0.25) is 4.79 Å². The third-order valence-electron chi connectivity index (χ3n) is 2.75. The number of nitrogens with zero attached hydrogens (tertiary/aromatic N) is 2. The first-order valence-electron chi connectivity index (χ1n) is 6.11. The highest BCUT2D eigenvalue weighted by atomic mass is 16.2. The molecule has 0 saturated carbocycles. The molecule has 1 aromatic heterocycles. The van der Waals surface area contributed by atoms with Crippen LogP contribution in [0.15, 0.2) is 18.3 Å². The number of carbonyl (C=O) groups excluding carboxylic acids is 1. The van der Waals surface area contributed by atoms with E-state index in [9.17, 15) is 4.79 Å². The Morgan fingerprint density at radius 2 is 2.22 bits per heavy atom. The molecule has 0 aliphatic rings. The van der Waals surface area contributed by atoms with Crippen molar-refractivity contribution in [1.82, 2.24) is 4.98 Å². The fourth-order valence-electron chi connectivity index (χ4n) is 1.75. The van der Waals surface area contributed by atoms with Crippen LogP contribution in [0.4, 0.5) is 11.5 Å². The smallest absolute Gasteiger partial charge is 0.244 e. The molecule has 1 atom stereocenters. The van der Waals surface area contributed by atoms with E-state index in [0.717, 1.165) is 12.2 Å². The van der Waals surface area contributed by atoms with Crippen LogP contribution in [0.2, 0.25) is 0 Å². The highest BCUT2D eigenvalue weighted by molar-refractivity contribution is 5.99. The van der Waals surface area contributed by atoms with Crippen molar-refractivity contribution >= 4 is 17.4 Å². The molecule has 0 spiro atoms. The van der Waals surface area contributed by atoms with E-state index in [1.165, 1.54) is 0 Å². The number of nitrogens with two attached hydrogens (primary N) is 1. The Kier molecular flexibility index (Phi) is 4.67. The Bertz CT molecular complexity index is 415. The zero-order valence-corrected chi connectivity index (χ0v) is 11.5. The van der Waals surface area contributed by atoms with Crippen LogP contribution in [0.3, 0.4) is 0 Å². The van der Waals surface area contributed by atoms with Crippen molar-refractivity contribution in [3.8, 4) is 0 Å². The van der Waals surface area contributed by atoms with Crippen molar-refractivity contribution in [3.05, 3.63) is 18.3 Å². The molecule has 1 amide bonds. The van der Waals surface area contributed by atoms with Gasteiger partial charge in [-0.25, -0.2) is 4.98 Å². The van der Waals surface area contributed by atoms with Gasteiger partial charge in [-0.05, 0) is 25.5 Å². The van der Waals surface area contributed by atoms with Gasteiger partial charge in [0.25, 0.3) is 0 Å². The van der Waals surface area contributed by atoms with E-state index in [2.05, 4.69) is 10.3 Å². The summed E-state index contributed by atoms with van der Waals surface area (Å²) in [6, 6.07) is 3.61. The molecule has 0 fully saturated rings. The van der Waals surface area contributed by atoms with Crippen LogP contribution in [0.25, 0.3) is 0 Å². The first-order valence-corrected chi connectivity index (χ1v) is 6.11. The van der Waals surface area contributed by atoms with E-state index in [-0.39, 0.29) is 5.91 Å². The highest BCUT2D eigenvalue weighted by Gasteiger charge is 2.27. The molecule has 1 heterocycles. The summed E-state index contributed by atoms with van der Waals surface area (Å²) in [5, 5.41) is 2.85. The summed E-state index contributed by atoms with van der Waals surface area (Å²) < 4.78 is 0. The summed E-state index contributed by atoms with van der Waals surface area (Å²) in [5.41, 5.74) is 5.83. The van der Waals surface area contributed by atoms with Gasteiger partial charge < -0.3 is 16.0 Å². The largest absolute Gasteiger partial charge is 0.361 e. The van der Waals surface area contributed by atoms with Crippen LogP contribution in [-0.2, 0) is 4.79 Å². The average molecular weight is 250 g/mol. The van der Waals surface area contributed by atoms with Gasteiger partial charge in [0.1, 0.15) is 0 Å². The molecule has 0 aliphatic carbocycles. The van der Waals surface area contributed by atoms with Gasteiger partial charge in [-0.2, -0.15) is 0 Å². The van der Waals surface area contributed by atoms with E-state index >= 15 is 0 Å². The predicted molar refractivity (Wildman–Crippen MR) is 74.7 cm³/mol. The second-order valence-corrected chi connectivity index (χ2v) is 4.89. The van der Waals surface area contributed by atoms with Crippen LogP contribution in [0.5, 0.6) is 0 Å². The van der Waals surface area contributed by atoms with Crippen LogP contribution in [-0.4, -0.2) is 30.5 Å². The zero-order chi connectivity index (χ0) is 13.8. The minimum absolute atomic E-state index is 0.180. The fraction of sp³-hybridized carbons (Fsp3) is 0.538. The molecule has 0 bridgehead atoms. The van der Waals surface area contributed by atoms with Gasteiger partial charge in [-0.1, -0.05) is 13.3 Å². The molecule has 5 heteroatoms. The number of pyridine rings is 1.